The minimum Gasteiger partial charge on any atom is -0.358 e. The molecule has 122 valence electrons. The molecule has 0 bridgehead atoms. The SMILES string of the molecule is Cc1ccc2[nH]c3c(c2c1)CC(C(=O)Nc1cccc(Cl)c1)CC3. The molecule has 2 N–H and O–H groups in total. The summed E-state index contributed by atoms with van der Waals surface area (Å²) in [5.74, 6) is 0.0703. The molecule has 3 aromatic rings. The van der Waals surface area contributed by atoms with E-state index in [9.17, 15) is 4.79 Å². The zero-order valence-electron chi connectivity index (χ0n) is 13.5. The second-order valence-corrected chi connectivity index (χ2v) is 7.01. The predicted molar refractivity (Wildman–Crippen MR) is 98.6 cm³/mol. The molecular formula is C20H19ClN2O. The van der Waals surface area contributed by atoms with E-state index < -0.39 is 0 Å². The first-order valence-corrected chi connectivity index (χ1v) is 8.64. The molecule has 4 rings (SSSR count). The fourth-order valence-electron chi connectivity index (χ4n) is 3.57. The number of aryl methyl sites for hydroxylation is 2. The maximum atomic E-state index is 12.6. The summed E-state index contributed by atoms with van der Waals surface area (Å²) in [6.45, 7) is 2.10. The number of rotatable bonds is 2. The second kappa shape index (κ2) is 5.99. The van der Waals surface area contributed by atoms with Crippen LogP contribution < -0.4 is 5.32 Å². The van der Waals surface area contributed by atoms with Crippen molar-refractivity contribution in [2.75, 3.05) is 5.32 Å². The minimum absolute atomic E-state index is 0.00371. The standard InChI is InChI=1S/C20H19ClN2O/c1-12-5-7-18-16(9-12)17-10-13(6-8-19(17)23-18)20(24)22-15-4-2-3-14(21)11-15/h2-5,7,9,11,13,23H,6,8,10H2,1H3,(H,22,24). The van der Waals surface area contributed by atoms with Gasteiger partial charge in [0.15, 0.2) is 0 Å². The van der Waals surface area contributed by atoms with Crippen molar-refractivity contribution in [1.29, 1.82) is 0 Å². The minimum atomic E-state index is -0.00371. The third-order valence-corrected chi connectivity index (χ3v) is 5.04. The Morgan fingerprint density at radius 1 is 1.25 bits per heavy atom. The van der Waals surface area contributed by atoms with Gasteiger partial charge in [-0.05, 0) is 62.1 Å². The summed E-state index contributed by atoms with van der Waals surface area (Å²) in [5.41, 5.74) is 5.75. The first kappa shape index (κ1) is 15.3. The highest BCUT2D eigenvalue weighted by Gasteiger charge is 2.27. The van der Waals surface area contributed by atoms with Crippen molar-refractivity contribution in [3.05, 3.63) is 64.3 Å². The van der Waals surface area contributed by atoms with E-state index in [-0.39, 0.29) is 11.8 Å². The van der Waals surface area contributed by atoms with Crippen LogP contribution >= 0.6 is 11.6 Å². The highest BCUT2D eigenvalue weighted by Crippen LogP contribution is 2.33. The number of aromatic amines is 1. The van der Waals surface area contributed by atoms with Gasteiger partial charge >= 0.3 is 0 Å². The number of anilines is 1. The fourth-order valence-corrected chi connectivity index (χ4v) is 3.76. The van der Waals surface area contributed by atoms with Crippen LogP contribution in [-0.4, -0.2) is 10.9 Å². The average Bonchev–Trinajstić information content (AvgIpc) is 2.92. The number of carbonyl (C=O) groups excluding carboxylic acids is 1. The number of nitrogens with one attached hydrogen (secondary N) is 2. The topological polar surface area (TPSA) is 44.9 Å². The predicted octanol–water partition coefficient (Wildman–Crippen LogP) is 4.87. The van der Waals surface area contributed by atoms with Gasteiger partial charge in [0, 0.05) is 33.2 Å². The zero-order chi connectivity index (χ0) is 16.7. The van der Waals surface area contributed by atoms with Crippen molar-refractivity contribution in [3.63, 3.8) is 0 Å². The van der Waals surface area contributed by atoms with Gasteiger partial charge in [0.2, 0.25) is 5.91 Å². The monoisotopic (exact) mass is 338 g/mol. The molecule has 1 heterocycles. The molecule has 1 aliphatic rings. The Morgan fingerprint density at radius 2 is 2.12 bits per heavy atom. The molecule has 1 unspecified atom stereocenters. The number of fused-ring (bicyclic) bond motifs is 3. The smallest absolute Gasteiger partial charge is 0.227 e. The van der Waals surface area contributed by atoms with E-state index >= 15 is 0 Å². The molecule has 3 nitrogen and oxygen atoms in total. The van der Waals surface area contributed by atoms with E-state index in [1.807, 2.05) is 12.1 Å². The molecule has 4 heteroatoms. The lowest BCUT2D eigenvalue weighted by molar-refractivity contribution is -0.120. The van der Waals surface area contributed by atoms with E-state index in [1.54, 1.807) is 12.1 Å². The molecule has 0 spiro atoms. The van der Waals surface area contributed by atoms with Crippen molar-refractivity contribution in [3.8, 4) is 0 Å². The Morgan fingerprint density at radius 3 is 2.96 bits per heavy atom. The van der Waals surface area contributed by atoms with Crippen LogP contribution in [0.4, 0.5) is 5.69 Å². The van der Waals surface area contributed by atoms with Gasteiger partial charge in [-0.2, -0.15) is 0 Å². The lowest BCUT2D eigenvalue weighted by Crippen LogP contribution is -2.28. The maximum absolute atomic E-state index is 12.6. The van der Waals surface area contributed by atoms with Crippen LogP contribution in [0.1, 0.15) is 23.2 Å². The van der Waals surface area contributed by atoms with Gasteiger partial charge in [-0.3, -0.25) is 4.79 Å². The fraction of sp³-hybridized carbons (Fsp3) is 0.250. The largest absolute Gasteiger partial charge is 0.358 e. The lowest BCUT2D eigenvalue weighted by atomic mass is 9.85. The highest BCUT2D eigenvalue weighted by atomic mass is 35.5. The highest BCUT2D eigenvalue weighted by molar-refractivity contribution is 6.30. The van der Waals surface area contributed by atoms with Crippen molar-refractivity contribution in [2.45, 2.75) is 26.2 Å². The summed E-state index contributed by atoms with van der Waals surface area (Å²) >= 11 is 5.99. The number of H-pyrrole nitrogens is 1. The number of hydrogen-bond acceptors (Lipinski definition) is 1. The normalized spacial score (nSPS) is 16.8. The Hall–Kier alpha value is -2.26. The Balaban J connectivity index is 1.58. The third kappa shape index (κ3) is 2.80. The van der Waals surface area contributed by atoms with Crippen LogP contribution in [0.5, 0.6) is 0 Å². The molecule has 1 amide bonds. The lowest BCUT2D eigenvalue weighted by Gasteiger charge is -2.22. The summed E-state index contributed by atoms with van der Waals surface area (Å²) in [4.78, 5) is 16.2. The van der Waals surface area contributed by atoms with Crippen LogP contribution in [0.3, 0.4) is 0 Å². The average molecular weight is 339 g/mol. The van der Waals surface area contributed by atoms with E-state index in [4.69, 9.17) is 11.6 Å². The van der Waals surface area contributed by atoms with Gasteiger partial charge in [0.1, 0.15) is 0 Å². The van der Waals surface area contributed by atoms with Gasteiger partial charge in [0.05, 0.1) is 0 Å². The first-order chi connectivity index (χ1) is 11.6. The zero-order valence-corrected chi connectivity index (χ0v) is 14.3. The van der Waals surface area contributed by atoms with Gasteiger partial charge in [-0.15, -0.1) is 0 Å². The number of amides is 1. The Kier molecular flexibility index (Phi) is 3.81. The number of benzene rings is 2. The first-order valence-electron chi connectivity index (χ1n) is 8.26. The van der Waals surface area contributed by atoms with E-state index in [1.165, 1.54) is 27.7 Å². The number of hydrogen-bond donors (Lipinski definition) is 2. The van der Waals surface area contributed by atoms with Crippen molar-refractivity contribution in [1.82, 2.24) is 4.98 Å². The van der Waals surface area contributed by atoms with Gasteiger partial charge < -0.3 is 10.3 Å². The second-order valence-electron chi connectivity index (χ2n) is 6.57. The molecule has 0 saturated carbocycles. The third-order valence-electron chi connectivity index (χ3n) is 4.81. The summed E-state index contributed by atoms with van der Waals surface area (Å²) < 4.78 is 0. The molecule has 1 atom stereocenters. The van der Waals surface area contributed by atoms with Crippen molar-refractivity contribution in [2.24, 2.45) is 5.92 Å². The molecule has 0 aliphatic heterocycles. The molecule has 0 radical (unpaired) electrons. The summed E-state index contributed by atoms with van der Waals surface area (Å²) in [6.07, 6.45) is 2.56. The molecule has 1 aromatic heterocycles. The summed E-state index contributed by atoms with van der Waals surface area (Å²) in [6, 6.07) is 13.8. The van der Waals surface area contributed by atoms with E-state index in [0.29, 0.717) is 5.02 Å². The molecular weight excluding hydrogens is 320 g/mol. The number of carbonyl (C=O) groups is 1. The molecule has 0 saturated heterocycles. The van der Waals surface area contributed by atoms with Crippen LogP contribution in [-0.2, 0) is 17.6 Å². The summed E-state index contributed by atoms with van der Waals surface area (Å²) in [7, 11) is 0. The van der Waals surface area contributed by atoms with Crippen molar-refractivity contribution < 1.29 is 4.79 Å². The molecule has 1 aliphatic carbocycles. The van der Waals surface area contributed by atoms with Crippen LogP contribution in [0.15, 0.2) is 42.5 Å². The van der Waals surface area contributed by atoms with Gasteiger partial charge in [-0.25, -0.2) is 0 Å². The molecule has 24 heavy (non-hydrogen) atoms. The number of halogens is 1. The van der Waals surface area contributed by atoms with Crippen LogP contribution in [0, 0.1) is 12.8 Å². The maximum Gasteiger partial charge on any atom is 0.227 e. The van der Waals surface area contributed by atoms with Crippen molar-refractivity contribution >= 4 is 34.1 Å². The van der Waals surface area contributed by atoms with Crippen LogP contribution in [0.2, 0.25) is 5.02 Å². The van der Waals surface area contributed by atoms with Gasteiger partial charge in [-0.1, -0.05) is 29.3 Å². The van der Waals surface area contributed by atoms with Crippen LogP contribution in [0.25, 0.3) is 10.9 Å². The van der Waals surface area contributed by atoms with E-state index in [2.05, 4.69) is 35.4 Å². The molecule has 2 aromatic carbocycles. The number of aromatic nitrogens is 1. The Labute approximate surface area is 146 Å². The summed E-state index contributed by atoms with van der Waals surface area (Å²) in [5, 5.41) is 4.89. The van der Waals surface area contributed by atoms with E-state index in [0.717, 1.165) is 24.9 Å². The quantitative estimate of drug-likeness (QED) is 0.687. The van der Waals surface area contributed by atoms with Gasteiger partial charge in [0.25, 0.3) is 0 Å². The Bertz CT molecular complexity index is 929. The molecule has 0 fully saturated rings.